The van der Waals surface area contributed by atoms with Crippen LogP contribution >= 0.6 is 0 Å². The van der Waals surface area contributed by atoms with Gasteiger partial charge in [-0.3, -0.25) is 4.79 Å². The highest BCUT2D eigenvalue weighted by Gasteiger charge is 2.17. The molecule has 4 nitrogen and oxygen atoms in total. The van der Waals surface area contributed by atoms with Crippen molar-refractivity contribution in [3.63, 3.8) is 0 Å². The van der Waals surface area contributed by atoms with Crippen molar-refractivity contribution in [3.05, 3.63) is 29.8 Å². The summed E-state index contributed by atoms with van der Waals surface area (Å²) in [5.74, 6) is 1.17. The second-order valence-electron chi connectivity index (χ2n) is 5.11. The van der Waals surface area contributed by atoms with Crippen LogP contribution in [0.5, 0.6) is 5.75 Å². The Labute approximate surface area is 127 Å². The lowest BCUT2D eigenvalue weighted by atomic mass is 9.99. The van der Waals surface area contributed by atoms with Crippen LogP contribution in [0.1, 0.15) is 45.1 Å². The van der Waals surface area contributed by atoms with E-state index in [1.54, 1.807) is 14.0 Å². The number of hydrogen-bond acceptors (Lipinski definition) is 4. The van der Waals surface area contributed by atoms with Crippen LogP contribution < -0.4 is 10.1 Å². The fourth-order valence-electron chi connectivity index (χ4n) is 2.05. The van der Waals surface area contributed by atoms with E-state index in [1.165, 1.54) is 5.56 Å². The van der Waals surface area contributed by atoms with Gasteiger partial charge in [0.15, 0.2) is 0 Å². The quantitative estimate of drug-likeness (QED) is 0.711. The van der Waals surface area contributed by atoms with Crippen molar-refractivity contribution >= 4 is 5.97 Å². The van der Waals surface area contributed by atoms with Crippen molar-refractivity contribution in [2.24, 2.45) is 0 Å². The first-order valence-electron chi connectivity index (χ1n) is 7.69. The minimum absolute atomic E-state index is 0.226. The van der Waals surface area contributed by atoms with E-state index in [4.69, 9.17) is 9.47 Å². The summed E-state index contributed by atoms with van der Waals surface area (Å²) in [6.45, 7) is 7.08. The van der Waals surface area contributed by atoms with Crippen LogP contribution in [0.3, 0.4) is 0 Å². The fourth-order valence-corrected chi connectivity index (χ4v) is 2.05. The highest BCUT2D eigenvalue weighted by atomic mass is 16.5. The summed E-state index contributed by atoms with van der Waals surface area (Å²) in [6, 6.07) is 7.86. The van der Waals surface area contributed by atoms with Crippen LogP contribution in [0.4, 0.5) is 0 Å². The molecular weight excluding hydrogens is 266 g/mol. The van der Waals surface area contributed by atoms with Gasteiger partial charge in [0.05, 0.1) is 13.2 Å². The molecule has 118 valence electrons. The van der Waals surface area contributed by atoms with E-state index in [0.717, 1.165) is 12.2 Å². The van der Waals surface area contributed by atoms with E-state index < -0.39 is 0 Å². The fraction of sp³-hybridized carbons (Fsp3) is 0.588. The molecule has 1 N–H and O–H groups in total. The highest BCUT2D eigenvalue weighted by Crippen LogP contribution is 2.21. The van der Waals surface area contributed by atoms with E-state index >= 15 is 0 Å². The Morgan fingerprint density at radius 2 is 1.90 bits per heavy atom. The monoisotopic (exact) mass is 293 g/mol. The Balaban J connectivity index is 2.42. The molecule has 0 saturated heterocycles. The molecular formula is C17H27NO3. The van der Waals surface area contributed by atoms with E-state index in [2.05, 4.69) is 31.3 Å². The van der Waals surface area contributed by atoms with Crippen LogP contribution in [0.2, 0.25) is 0 Å². The average Bonchev–Trinajstić information content (AvgIpc) is 2.51. The Bertz CT molecular complexity index is 417. The van der Waals surface area contributed by atoms with Gasteiger partial charge in [-0.1, -0.05) is 26.0 Å². The SMILES string of the molecule is CCOC(=O)C(CCOc1ccc(C(C)CC)cc1)NC. The molecule has 1 aromatic rings. The summed E-state index contributed by atoms with van der Waals surface area (Å²) in [4.78, 5) is 11.6. The smallest absolute Gasteiger partial charge is 0.323 e. The molecule has 0 bridgehead atoms. The highest BCUT2D eigenvalue weighted by molar-refractivity contribution is 5.75. The molecule has 0 fully saturated rings. The molecule has 1 aromatic carbocycles. The molecule has 0 amide bonds. The predicted molar refractivity (Wildman–Crippen MR) is 84.7 cm³/mol. The van der Waals surface area contributed by atoms with E-state index in [1.807, 2.05) is 12.1 Å². The van der Waals surface area contributed by atoms with Gasteiger partial charge in [-0.2, -0.15) is 0 Å². The van der Waals surface area contributed by atoms with Gasteiger partial charge < -0.3 is 14.8 Å². The lowest BCUT2D eigenvalue weighted by Gasteiger charge is -2.15. The van der Waals surface area contributed by atoms with Crippen LogP contribution in [0.25, 0.3) is 0 Å². The molecule has 0 aliphatic heterocycles. The first-order chi connectivity index (χ1) is 10.1. The number of carbonyl (C=O) groups is 1. The number of esters is 1. The lowest BCUT2D eigenvalue weighted by Crippen LogP contribution is -2.36. The maximum atomic E-state index is 11.6. The third kappa shape index (κ3) is 5.76. The van der Waals surface area contributed by atoms with Crippen molar-refractivity contribution < 1.29 is 14.3 Å². The number of rotatable bonds is 9. The van der Waals surface area contributed by atoms with Gasteiger partial charge in [0, 0.05) is 6.42 Å². The molecule has 2 atom stereocenters. The molecule has 0 saturated carbocycles. The van der Waals surface area contributed by atoms with Gasteiger partial charge in [0.2, 0.25) is 0 Å². The third-order valence-electron chi connectivity index (χ3n) is 3.66. The van der Waals surface area contributed by atoms with E-state index in [-0.39, 0.29) is 12.0 Å². The van der Waals surface area contributed by atoms with Crippen molar-refractivity contribution in [3.8, 4) is 5.75 Å². The molecule has 0 spiro atoms. The zero-order chi connectivity index (χ0) is 15.7. The minimum atomic E-state index is -0.315. The summed E-state index contributed by atoms with van der Waals surface area (Å²) in [5, 5.41) is 2.95. The number of nitrogens with one attached hydrogen (secondary N) is 1. The first-order valence-corrected chi connectivity index (χ1v) is 7.69. The summed E-state index contributed by atoms with van der Waals surface area (Å²) >= 11 is 0. The van der Waals surface area contributed by atoms with Crippen molar-refractivity contribution in [1.29, 1.82) is 0 Å². The largest absolute Gasteiger partial charge is 0.494 e. The molecule has 2 unspecified atom stereocenters. The van der Waals surface area contributed by atoms with Gasteiger partial charge in [-0.25, -0.2) is 0 Å². The van der Waals surface area contributed by atoms with E-state index in [9.17, 15) is 4.79 Å². The lowest BCUT2D eigenvalue weighted by molar-refractivity contribution is -0.145. The Morgan fingerprint density at radius 1 is 1.24 bits per heavy atom. The zero-order valence-corrected chi connectivity index (χ0v) is 13.5. The molecule has 1 rings (SSSR count). The van der Waals surface area contributed by atoms with E-state index in [0.29, 0.717) is 25.6 Å². The first kappa shape index (κ1) is 17.5. The van der Waals surface area contributed by atoms with Gasteiger partial charge in [0.1, 0.15) is 11.8 Å². The number of carbonyl (C=O) groups excluding carboxylic acids is 1. The summed E-state index contributed by atoms with van der Waals surface area (Å²) < 4.78 is 10.7. The number of hydrogen-bond donors (Lipinski definition) is 1. The summed E-state index contributed by atoms with van der Waals surface area (Å²) in [6.07, 6.45) is 1.71. The van der Waals surface area contributed by atoms with Crippen LogP contribution in [0.15, 0.2) is 24.3 Å². The molecule has 0 aromatic heterocycles. The van der Waals surface area contributed by atoms with Crippen molar-refractivity contribution in [2.45, 2.75) is 45.6 Å². The van der Waals surface area contributed by atoms with Gasteiger partial charge in [-0.05, 0) is 44.0 Å². The number of ether oxygens (including phenoxy) is 2. The second kappa shape index (κ2) is 9.40. The number of likely N-dealkylation sites (N-methyl/N-ethyl adjacent to an activating group) is 1. The molecule has 4 heteroatoms. The van der Waals surface area contributed by atoms with Gasteiger partial charge in [0.25, 0.3) is 0 Å². The molecule has 0 aliphatic carbocycles. The summed E-state index contributed by atoms with van der Waals surface area (Å²) in [7, 11) is 1.75. The minimum Gasteiger partial charge on any atom is -0.494 e. The Hall–Kier alpha value is -1.55. The maximum absolute atomic E-state index is 11.6. The van der Waals surface area contributed by atoms with Crippen LogP contribution in [-0.2, 0) is 9.53 Å². The van der Waals surface area contributed by atoms with Gasteiger partial charge in [-0.15, -0.1) is 0 Å². The Morgan fingerprint density at radius 3 is 2.43 bits per heavy atom. The standard InChI is InChI=1S/C17H27NO3/c1-5-13(3)14-7-9-15(10-8-14)21-12-11-16(18-4)17(19)20-6-2/h7-10,13,16,18H,5-6,11-12H2,1-4H3. The van der Waals surface area contributed by atoms with Crippen LogP contribution in [-0.4, -0.2) is 32.3 Å². The third-order valence-corrected chi connectivity index (χ3v) is 3.66. The Kier molecular flexibility index (Phi) is 7.83. The molecule has 0 radical (unpaired) electrons. The number of benzene rings is 1. The van der Waals surface area contributed by atoms with Gasteiger partial charge >= 0.3 is 5.97 Å². The topological polar surface area (TPSA) is 47.6 Å². The predicted octanol–water partition coefficient (Wildman–Crippen LogP) is 3.12. The molecule has 21 heavy (non-hydrogen) atoms. The normalized spacial score (nSPS) is 13.5. The van der Waals surface area contributed by atoms with Crippen molar-refractivity contribution in [2.75, 3.05) is 20.3 Å². The average molecular weight is 293 g/mol. The molecule has 0 aliphatic rings. The van der Waals surface area contributed by atoms with Crippen LogP contribution in [0, 0.1) is 0 Å². The second-order valence-corrected chi connectivity index (χ2v) is 5.11. The maximum Gasteiger partial charge on any atom is 0.323 e. The summed E-state index contributed by atoms with van der Waals surface area (Å²) in [5.41, 5.74) is 1.32. The molecule has 0 heterocycles. The van der Waals surface area contributed by atoms with Crippen molar-refractivity contribution in [1.82, 2.24) is 5.32 Å². The zero-order valence-electron chi connectivity index (χ0n) is 13.5.